The standard InChI is InChI=1S/C30H31N3O7/c1-18-3-11-26(40-2)25(15-18)32-30(39)31-23-8-4-19(5-9-23)20-6-10-24-21(16-20)13-14-33(28(24)36)17-22(29(37)38)7-12-27(34)35/h3-6,8-11,15-16,22H,7,12-14,17H2,1-2H3,(H,34,35)(H,37,38)(H2,31,32,39). The first kappa shape index (κ1) is 28.2. The Balaban J connectivity index is 1.41. The predicted octanol–water partition coefficient (Wildman–Crippen LogP) is 4.88. The van der Waals surface area contributed by atoms with Crippen molar-refractivity contribution in [1.82, 2.24) is 4.90 Å². The van der Waals surface area contributed by atoms with Gasteiger partial charge in [0, 0.05) is 30.8 Å². The molecule has 0 aliphatic carbocycles. The van der Waals surface area contributed by atoms with E-state index < -0.39 is 23.9 Å². The molecule has 1 atom stereocenters. The first-order valence-electron chi connectivity index (χ1n) is 12.8. The average Bonchev–Trinajstić information content (AvgIpc) is 2.92. The number of aryl methyl sites for hydroxylation is 1. The lowest BCUT2D eigenvalue weighted by Gasteiger charge is -2.31. The quantitative estimate of drug-likeness (QED) is 0.284. The molecule has 4 N–H and O–H groups in total. The molecule has 1 unspecified atom stereocenters. The summed E-state index contributed by atoms with van der Waals surface area (Å²) >= 11 is 0. The summed E-state index contributed by atoms with van der Waals surface area (Å²) in [6, 6.07) is 18.0. The van der Waals surface area contributed by atoms with E-state index in [0.29, 0.717) is 35.7 Å². The van der Waals surface area contributed by atoms with Crippen LogP contribution >= 0.6 is 0 Å². The summed E-state index contributed by atoms with van der Waals surface area (Å²) in [5, 5.41) is 24.0. The Kier molecular flexibility index (Phi) is 8.68. The number of hydrogen-bond donors (Lipinski definition) is 4. The summed E-state index contributed by atoms with van der Waals surface area (Å²) in [6.45, 7) is 2.25. The van der Waals surface area contributed by atoms with Crippen molar-refractivity contribution in [2.24, 2.45) is 5.92 Å². The molecule has 0 fully saturated rings. The second kappa shape index (κ2) is 12.3. The number of methoxy groups -OCH3 is 1. The summed E-state index contributed by atoms with van der Waals surface area (Å²) in [6.07, 6.45) is 0.259. The number of nitrogens with one attached hydrogen (secondary N) is 2. The molecule has 0 aromatic heterocycles. The van der Waals surface area contributed by atoms with E-state index in [9.17, 15) is 24.3 Å². The average molecular weight is 546 g/mol. The molecule has 3 aromatic carbocycles. The van der Waals surface area contributed by atoms with Gasteiger partial charge in [-0.15, -0.1) is 0 Å². The van der Waals surface area contributed by atoms with Gasteiger partial charge >= 0.3 is 18.0 Å². The fourth-order valence-corrected chi connectivity index (χ4v) is 4.70. The number of urea groups is 1. The molecule has 10 heteroatoms. The van der Waals surface area contributed by atoms with Gasteiger partial charge in [-0.05, 0) is 72.4 Å². The number of rotatable bonds is 10. The van der Waals surface area contributed by atoms with E-state index in [4.69, 9.17) is 9.84 Å². The van der Waals surface area contributed by atoms with Crippen LogP contribution in [0, 0.1) is 12.8 Å². The molecule has 1 aliphatic heterocycles. The summed E-state index contributed by atoms with van der Waals surface area (Å²) in [5.74, 6) is -2.81. The maximum absolute atomic E-state index is 13.1. The van der Waals surface area contributed by atoms with E-state index in [0.717, 1.165) is 22.3 Å². The fraction of sp³-hybridized carbons (Fsp3) is 0.267. The van der Waals surface area contributed by atoms with Crippen molar-refractivity contribution in [1.29, 1.82) is 0 Å². The van der Waals surface area contributed by atoms with Gasteiger partial charge in [-0.2, -0.15) is 0 Å². The SMILES string of the molecule is COc1ccc(C)cc1NC(=O)Nc1ccc(-c2ccc3c(c2)CCN(CC(CCC(=O)O)C(=O)O)C3=O)cc1. The van der Waals surface area contributed by atoms with Crippen molar-refractivity contribution in [3.8, 4) is 16.9 Å². The first-order chi connectivity index (χ1) is 19.1. The van der Waals surface area contributed by atoms with Crippen molar-refractivity contribution >= 4 is 35.3 Å². The van der Waals surface area contributed by atoms with E-state index >= 15 is 0 Å². The smallest absolute Gasteiger partial charge is 0.323 e. The topological polar surface area (TPSA) is 145 Å². The third-order valence-corrected chi connectivity index (χ3v) is 6.85. The zero-order chi connectivity index (χ0) is 28.8. The van der Waals surface area contributed by atoms with Crippen molar-refractivity contribution < 1.29 is 34.1 Å². The molecule has 0 saturated carbocycles. The predicted molar refractivity (Wildman–Crippen MR) is 150 cm³/mol. The van der Waals surface area contributed by atoms with E-state index in [1.165, 1.54) is 4.90 Å². The lowest BCUT2D eigenvalue weighted by molar-refractivity contribution is -0.143. The largest absolute Gasteiger partial charge is 0.495 e. The molecule has 1 heterocycles. The lowest BCUT2D eigenvalue weighted by Crippen LogP contribution is -2.42. The van der Waals surface area contributed by atoms with E-state index in [-0.39, 0.29) is 25.3 Å². The molecule has 0 spiro atoms. The molecule has 0 bridgehead atoms. The molecular formula is C30H31N3O7. The number of nitrogens with zero attached hydrogens (tertiary/aromatic N) is 1. The van der Waals surface area contributed by atoms with Gasteiger partial charge in [0.05, 0.1) is 18.7 Å². The zero-order valence-electron chi connectivity index (χ0n) is 22.3. The van der Waals surface area contributed by atoms with E-state index in [1.54, 1.807) is 31.4 Å². The van der Waals surface area contributed by atoms with Gasteiger partial charge in [-0.25, -0.2) is 4.79 Å². The maximum atomic E-state index is 13.1. The van der Waals surface area contributed by atoms with Crippen LogP contribution in [-0.4, -0.2) is 59.2 Å². The van der Waals surface area contributed by atoms with E-state index in [2.05, 4.69) is 10.6 Å². The number of benzene rings is 3. The number of hydrogen-bond acceptors (Lipinski definition) is 5. The van der Waals surface area contributed by atoms with Crippen LogP contribution in [0.3, 0.4) is 0 Å². The monoisotopic (exact) mass is 545 g/mol. The number of carboxylic acids is 2. The van der Waals surface area contributed by atoms with Crippen molar-refractivity contribution in [2.75, 3.05) is 30.8 Å². The number of carbonyl (C=O) groups excluding carboxylic acids is 2. The number of carbonyl (C=O) groups is 4. The normalized spacial score (nSPS) is 13.2. The van der Waals surface area contributed by atoms with Crippen LogP contribution in [0.25, 0.3) is 11.1 Å². The third-order valence-electron chi connectivity index (χ3n) is 6.85. The van der Waals surface area contributed by atoms with Gasteiger partial charge in [-0.1, -0.05) is 30.3 Å². The van der Waals surface area contributed by atoms with Crippen LogP contribution in [0.5, 0.6) is 5.75 Å². The number of fused-ring (bicyclic) bond motifs is 1. The number of anilines is 2. The number of carboxylic acid groups (broad SMARTS) is 2. The van der Waals surface area contributed by atoms with Crippen LogP contribution in [-0.2, 0) is 16.0 Å². The summed E-state index contributed by atoms with van der Waals surface area (Å²) < 4.78 is 5.30. The lowest BCUT2D eigenvalue weighted by atomic mass is 9.93. The van der Waals surface area contributed by atoms with Gasteiger partial charge < -0.3 is 30.5 Å². The van der Waals surface area contributed by atoms with Crippen LogP contribution in [0.2, 0.25) is 0 Å². The van der Waals surface area contributed by atoms with Gasteiger partial charge in [0.15, 0.2) is 0 Å². The second-order valence-electron chi connectivity index (χ2n) is 9.70. The maximum Gasteiger partial charge on any atom is 0.323 e. The van der Waals surface area contributed by atoms with Crippen molar-refractivity contribution in [2.45, 2.75) is 26.2 Å². The van der Waals surface area contributed by atoms with Crippen LogP contribution in [0.1, 0.15) is 34.3 Å². The van der Waals surface area contributed by atoms with Crippen LogP contribution < -0.4 is 15.4 Å². The van der Waals surface area contributed by atoms with Gasteiger partial charge in [0.2, 0.25) is 0 Å². The highest BCUT2D eigenvalue weighted by Crippen LogP contribution is 2.29. The molecule has 1 aliphatic rings. The summed E-state index contributed by atoms with van der Waals surface area (Å²) in [7, 11) is 1.54. The molecule has 3 amide bonds. The Morgan fingerprint density at radius 2 is 1.70 bits per heavy atom. The van der Waals surface area contributed by atoms with Gasteiger partial charge in [-0.3, -0.25) is 14.4 Å². The zero-order valence-corrected chi connectivity index (χ0v) is 22.3. The fourth-order valence-electron chi connectivity index (χ4n) is 4.70. The molecular weight excluding hydrogens is 514 g/mol. The van der Waals surface area contributed by atoms with E-state index in [1.807, 2.05) is 43.3 Å². The van der Waals surface area contributed by atoms with Crippen LogP contribution in [0.15, 0.2) is 60.7 Å². The molecule has 0 saturated heterocycles. The number of ether oxygens (including phenoxy) is 1. The first-order valence-corrected chi connectivity index (χ1v) is 12.8. The molecule has 0 radical (unpaired) electrons. The van der Waals surface area contributed by atoms with Gasteiger partial charge in [0.25, 0.3) is 5.91 Å². The Morgan fingerprint density at radius 1 is 0.975 bits per heavy atom. The number of amides is 3. The molecule has 4 rings (SSSR count). The Hall–Kier alpha value is -4.86. The highest BCUT2D eigenvalue weighted by molar-refractivity contribution is 6.01. The molecule has 3 aromatic rings. The minimum Gasteiger partial charge on any atom is -0.495 e. The Bertz CT molecular complexity index is 1440. The van der Waals surface area contributed by atoms with Gasteiger partial charge in [0.1, 0.15) is 5.75 Å². The highest BCUT2D eigenvalue weighted by Gasteiger charge is 2.29. The Labute approximate surface area is 231 Å². The number of aliphatic carboxylic acids is 2. The minimum atomic E-state index is -1.11. The second-order valence-corrected chi connectivity index (χ2v) is 9.70. The van der Waals surface area contributed by atoms with Crippen molar-refractivity contribution in [3.05, 3.63) is 77.4 Å². The third kappa shape index (κ3) is 6.76. The van der Waals surface area contributed by atoms with Crippen LogP contribution in [0.4, 0.5) is 16.2 Å². The molecule has 40 heavy (non-hydrogen) atoms. The minimum absolute atomic E-state index is 0.0265. The summed E-state index contributed by atoms with van der Waals surface area (Å²) in [5.41, 5.74) is 5.35. The summed E-state index contributed by atoms with van der Waals surface area (Å²) in [4.78, 5) is 49.5. The molecule has 10 nitrogen and oxygen atoms in total. The van der Waals surface area contributed by atoms with Crippen molar-refractivity contribution in [3.63, 3.8) is 0 Å². The Morgan fingerprint density at radius 3 is 2.38 bits per heavy atom. The molecule has 208 valence electrons. The highest BCUT2D eigenvalue weighted by atomic mass is 16.5.